The molecule has 0 saturated heterocycles. The first-order valence-electron chi connectivity index (χ1n) is 7.23. The average Bonchev–Trinajstić information content (AvgIpc) is 3.04. The molecule has 3 aliphatic rings. The molecule has 0 radical (unpaired) electrons. The van der Waals surface area contributed by atoms with Crippen molar-refractivity contribution in [3.63, 3.8) is 0 Å². The summed E-state index contributed by atoms with van der Waals surface area (Å²) in [5, 5.41) is 4.90. The highest BCUT2D eigenvalue weighted by molar-refractivity contribution is 8.14. The fraction of sp³-hybridized carbons (Fsp3) is 0.929. The van der Waals surface area contributed by atoms with Crippen molar-refractivity contribution in [3.05, 3.63) is 0 Å². The SMILES string of the molecule is CCC1CSC(NC(C)C2CC3CCC2C3)=N1. The molecule has 0 aromatic heterocycles. The minimum Gasteiger partial charge on any atom is -0.362 e. The molecule has 2 saturated carbocycles. The number of rotatable bonds is 3. The summed E-state index contributed by atoms with van der Waals surface area (Å²) in [6.45, 7) is 4.60. The van der Waals surface area contributed by atoms with E-state index in [0.29, 0.717) is 12.1 Å². The van der Waals surface area contributed by atoms with Crippen LogP contribution in [0.1, 0.15) is 46.0 Å². The zero-order valence-corrected chi connectivity index (χ0v) is 11.8. The maximum Gasteiger partial charge on any atom is 0.157 e. The summed E-state index contributed by atoms with van der Waals surface area (Å²) in [7, 11) is 0. The number of nitrogens with one attached hydrogen (secondary N) is 1. The maximum absolute atomic E-state index is 4.75. The molecule has 0 aromatic carbocycles. The van der Waals surface area contributed by atoms with Gasteiger partial charge in [-0.25, -0.2) is 0 Å². The molecule has 0 spiro atoms. The van der Waals surface area contributed by atoms with Gasteiger partial charge in [0.15, 0.2) is 5.17 Å². The molecular formula is C14H24N2S. The van der Waals surface area contributed by atoms with Gasteiger partial charge < -0.3 is 5.32 Å². The molecular weight excluding hydrogens is 228 g/mol. The van der Waals surface area contributed by atoms with Gasteiger partial charge in [-0.2, -0.15) is 0 Å². The Kier molecular flexibility index (Phi) is 3.38. The van der Waals surface area contributed by atoms with Crippen molar-refractivity contribution < 1.29 is 0 Å². The molecule has 2 aliphatic carbocycles. The normalized spacial score (nSPS) is 41.6. The third-order valence-corrected chi connectivity index (χ3v) is 6.02. The van der Waals surface area contributed by atoms with E-state index in [1.54, 1.807) is 0 Å². The first-order chi connectivity index (χ1) is 8.26. The second-order valence-electron chi connectivity index (χ2n) is 6.08. The van der Waals surface area contributed by atoms with Crippen LogP contribution in [0.4, 0.5) is 0 Å². The van der Waals surface area contributed by atoms with Gasteiger partial charge in [-0.15, -0.1) is 0 Å². The van der Waals surface area contributed by atoms with Gasteiger partial charge in [0.05, 0.1) is 6.04 Å². The molecule has 3 rings (SSSR count). The number of nitrogens with zero attached hydrogens (tertiary/aromatic N) is 1. The summed E-state index contributed by atoms with van der Waals surface area (Å²) in [5.74, 6) is 4.16. The van der Waals surface area contributed by atoms with Crippen LogP contribution in [0.2, 0.25) is 0 Å². The minimum absolute atomic E-state index is 0.565. The zero-order valence-electron chi connectivity index (χ0n) is 11.0. The third-order valence-electron chi connectivity index (χ3n) is 4.97. The second-order valence-corrected chi connectivity index (χ2v) is 7.09. The van der Waals surface area contributed by atoms with Gasteiger partial charge in [-0.05, 0) is 50.4 Å². The molecule has 17 heavy (non-hydrogen) atoms. The molecule has 2 bridgehead atoms. The summed E-state index contributed by atoms with van der Waals surface area (Å²) in [4.78, 5) is 4.75. The highest BCUT2D eigenvalue weighted by Gasteiger charge is 2.42. The standard InChI is InChI=1S/C14H24N2S/c1-3-12-8-17-14(16-12)15-9(2)13-7-10-4-5-11(13)6-10/h9-13H,3-8H2,1-2H3,(H,15,16). The van der Waals surface area contributed by atoms with Crippen LogP contribution in [-0.4, -0.2) is 23.0 Å². The van der Waals surface area contributed by atoms with Gasteiger partial charge in [-0.1, -0.05) is 25.1 Å². The molecule has 2 fully saturated rings. The lowest BCUT2D eigenvalue weighted by atomic mass is 9.84. The molecule has 0 aromatic rings. The first-order valence-corrected chi connectivity index (χ1v) is 8.22. The number of fused-ring (bicyclic) bond motifs is 2. The topological polar surface area (TPSA) is 24.4 Å². The van der Waals surface area contributed by atoms with Crippen molar-refractivity contribution >= 4 is 16.9 Å². The molecule has 2 nitrogen and oxygen atoms in total. The molecule has 3 heteroatoms. The van der Waals surface area contributed by atoms with Gasteiger partial charge in [0, 0.05) is 11.8 Å². The van der Waals surface area contributed by atoms with E-state index in [1.165, 1.54) is 43.0 Å². The van der Waals surface area contributed by atoms with Gasteiger partial charge in [0.1, 0.15) is 0 Å². The Morgan fingerprint density at radius 2 is 2.29 bits per heavy atom. The summed E-state index contributed by atoms with van der Waals surface area (Å²) in [6.07, 6.45) is 7.14. The Bertz CT molecular complexity index is 315. The van der Waals surface area contributed by atoms with Crippen LogP contribution in [0.3, 0.4) is 0 Å². The minimum atomic E-state index is 0.565. The van der Waals surface area contributed by atoms with E-state index >= 15 is 0 Å². The van der Waals surface area contributed by atoms with Crippen LogP contribution < -0.4 is 5.32 Å². The predicted molar refractivity (Wildman–Crippen MR) is 75.5 cm³/mol. The summed E-state index contributed by atoms with van der Waals surface area (Å²) < 4.78 is 0. The predicted octanol–water partition coefficient (Wildman–Crippen LogP) is 3.28. The lowest BCUT2D eigenvalue weighted by Gasteiger charge is -2.28. The van der Waals surface area contributed by atoms with Crippen molar-refractivity contribution in [2.24, 2.45) is 22.7 Å². The lowest BCUT2D eigenvalue weighted by Crippen LogP contribution is -2.38. The largest absolute Gasteiger partial charge is 0.362 e. The van der Waals surface area contributed by atoms with Crippen molar-refractivity contribution in [2.45, 2.75) is 58.0 Å². The number of aliphatic imine (C=N–C) groups is 1. The number of thioether (sulfide) groups is 1. The fourth-order valence-electron chi connectivity index (χ4n) is 3.91. The highest BCUT2D eigenvalue weighted by Crippen LogP contribution is 2.49. The van der Waals surface area contributed by atoms with Gasteiger partial charge in [0.25, 0.3) is 0 Å². The Morgan fingerprint density at radius 1 is 1.41 bits per heavy atom. The van der Waals surface area contributed by atoms with Crippen LogP contribution in [0.15, 0.2) is 4.99 Å². The van der Waals surface area contributed by atoms with Crippen LogP contribution in [0, 0.1) is 17.8 Å². The van der Waals surface area contributed by atoms with Crippen LogP contribution in [0.5, 0.6) is 0 Å². The fourth-order valence-corrected chi connectivity index (χ4v) is 5.06. The summed E-state index contributed by atoms with van der Waals surface area (Å²) in [6, 6.07) is 1.20. The summed E-state index contributed by atoms with van der Waals surface area (Å²) in [5.41, 5.74) is 0. The van der Waals surface area contributed by atoms with E-state index in [1.807, 2.05) is 11.8 Å². The zero-order chi connectivity index (χ0) is 11.8. The Balaban J connectivity index is 1.55. The van der Waals surface area contributed by atoms with Gasteiger partial charge in [0.2, 0.25) is 0 Å². The molecule has 1 heterocycles. The van der Waals surface area contributed by atoms with E-state index in [4.69, 9.17) is 4.99 Å². The molecule has 0 amide bonds. The van der Waals surface area contributed by atoms with Crippen LogP contribution >= 0.6 is 11.8 Å². The molecule has 5 atom stereocenters. The highest BCUT2D eigenvalue weighted by atomic mass is 32.2. The summed E-state index contributed by atoms with van der Waals surface area (Å²) >= 11 is 1.92. The lowest BCUT2D eigenvalue weighted by molar-refractivity contribution is 0.279. The van der Waals surface area contributed by atoms with Crippen molar-refractivity contribution in [1.82, 2.24) is 5.32 Å². The van der Waals surface area contributed by atoms with E-state index in [2.05, 4.69) is 19.2 Å². The van der Waals surface area contributed by atoms with Crippen LogP contribution in [-0.2, 0) is 0 Å². The Morgan fingerprint density at radius 3 is 2.88 bits per heavy atom. The molecule has 1 N–H and O–H groups in total. The maximum atomic E-state index is 4.75. The van der Waals surface area contributed by atoms with Crippen molar-refractivity contribution in [1.29, 1.82) is 0 Å². The number of hydrogen-bond donors (Lipinski definition) is 1. The first kappa shape index (κ1) is 11.9. The van der Waals surface area contributed by atoms with Crippen LogP contribution in [0.25, 0.3) is 0 Å². The van der Waals surface area contributed by atoms with Crippen molar-refractivity contribution in [2.75, 3.05) is 5.75 Å². The third kappa shape index (κ3) is 2.35. The molecule has 5 unspecified atom stereocenters. The second kappa shape index (κ2) is 4.83. The van der Waals surface area contributed by atoms with E-state index in [-0.39, 0.29) is 0 Å². The average molecular weight is 252 g/mol. The monoisotopic (exact) mass is 252 g/mol. The Labute approximate surface area is 109 Å². The van der Waals surface area contributed by atoms with E-state index < -0.39 is 0 Å². The van der Waals surface area contributed by atoms with Gasteiger partial charge in [-0.3, -0.25) is 4.99 Å². The number of amidine groups is 1. The quantitative estimate of drug-likeness (QED) is 0.833. The number of hydrogen-bond acceptors (Lipinski definition) is 3. The molecule has 1 aliphatic heterocycles. The van der Waals surface area contributed by atoms with Crippen molar-refractivity contribution in [3.8, 4) is 0 Å². The van der Waals surface area contributed by atoms with Gasteiger partial charge >= 0.3 is 0 Å². The Hall–Kier alpha value is -0.180. The van der Waals surface area contributed by atoms with E-state index in [9.17, 15) is 0 Å². The molecule has 96 valence electrons. The van der Waals surface area contributed by atoms with E-state index in [0.717, 1.165) is 17.8 Å². The smallest absolute Gasteiger partial charge is 0.157 e.